The Bertz CT molecular complexity index is 162. The van der Waals surface area contributed by atoms with Gasteiger partial charge in [-0.1, -0.05) is 41.5 Å². The van der Waals surface area contributed by atoms with Crippen LogP contribution in [0.5, 0.6) is 0 Å². The molecule has 2 nitrogen and oxygen atoms in total. The van der Waals surface area contributed by atoms with Gasteiger partial charge in [0.05, 0.1) is 0 Å². The molecular formula is C14H32N2. The molecule has 16 heavy (non-hydrogen) atoms. The fraction of sp³-hybridized carbons (Fsp3) is 1.00. The summed E-state index contributed by atoms with van der Waals surface area (Å²) >= 11 is 0. The number of likely N-dealkylation sites (N-methyl/N-ethyl adjacent to an activating group) is 1. The Morgan fingerprint density at radius 1 is 1.00 bits per heavy atom. The molecule has 0 aromatic rings. The average molecular weight is 228 g/mol. The molecule has 0 aromatic carbocycles. The molecule has 0 radical (unpaired) electrons. The third-order valence-corrected chi connectivity index (χ3v) is 3.55. The second-order valence-corrected chi connectivity index (χ2v) is 5.51. The molecule has 0 aliphatic carbocycles. The minimum atomic E-state index is 0.580. The van der Waals surface area contributed by atoms with Gasteiger partial charge in [-0.15, -0.1) is 0 Å². The summed E-state index contributed by atoms with van der Waals surface area (Å²) in [6, 6.07) is 1.95. The van der Waals surface area contributed by atoms with E-state index in [-0.39, 0.29) is 0 Å². The molecule has 0 heterocycles. The van der Waals surface area contributed by atoms with Crippen molar-refractivity contribution in [2.24, 2.45) is 5.92 Å². The van der Waals surface area contributed by atoms with Crippen LogP contribution in [-0.4, -0.2) is 36.6 Å². The van der Waals surface area contributed by atoms with Crippen LogP contribution in [0.3, 0.4) is 0 Å². The molecule has 0 aliphatic rings. The molecular weight excluding hydrogens is 196 g/mol. The third-order valence-electron chi connectivity index (χ3n) is 3.55. The summed E-state index contributed by atoms with van der Waals surface area (Å²) in [6.45, 7) is 14.8. The zero-order chi connectivity index (χ0) is 12.7. The minimum absolute atomic E-state index is 0.580. The first-order chi connectivity index (χ1) is 7.43. The molecule has 0 spiro atoms. The Balaban J connectivity index is 4.39. The summed E-state index contributed by atoms with van der Waals surface area (Å²) < 4.78 is 0. The molecule has 2 heteroatoms. The van der Waals surface area contributed by atoms with Gasteiger partial charge < -0.3 is 5.32 Å². The predicted octanol–water partition coefficient (Wildman–Crippen LogP) is 3.13. The van der Waals surface area contributed by atoms with Gasteiger partial charge in [-0.2, -0.15) is 0 Å². The normalized spacial score (nSPS) is 14.4. The SMILES string of the molecule is CCC(CC)N(C)C(CNC(C)C)C(C)C. The van der Waals surface area contributed by atoms with E-state index in [0.717, 1.165) is 12.6 Å². The second-order valence-electron chi connectivity index (χ2n) is 5.51. The van der Waals surface area contributed by atoms with Crippen molar-refractivity contribution in [3.05, 3.63) is 0 Å². The highest BCUT2D eigenvalue weighted by molar-refractivity contribution is 4.80. The molecule has 0 saturated heterocycles. The number of hydrogen-bond donors (Lipinski definition) is 1. The fourth-order valence-electron chi connectivity index (χ4n) is 2.34. The van der Waals surface area contributed by atoms with E-state index in [1.807, 2.05) is 0 Å². The van der Waals surface area contributed by atoms with Crippen molar-refractivity contribution in [3.8, 4) is 0 Å². The topological polar surface area (TPSA) is 15.3 Å². The first-order valence-electron chi connectivity index (χ1n) is 6.89. The van der Waals surface area contributed by atoms with Crippen molar-refractivity contribution in [2.75, 3.05) is 13.6 Å². The highest BCUT2D eigenvalue weighted by atomic mass is 15.2. The van der Waals surface area contributed by atoms with Crippen LogP contribution in [0, 0.1) is 5.92 Å². The minimum Gasteiger partial charge on any atom is -0.313 e. The van der Waals surface area contributed by atoms with E-state index in [9.17, 15) is 0 Å². The van der Waals surface area contributed by atoms with Crippen LogP contribution in [0.2, 0.25) is 0 Å². The van der Waals surface area contributed by atoms with E-state index < -0.39 is 0 Å². The van der Waals surface area contributed by atoms with Crippen LogP contribution in [-0.2, 0) is 0 Å². The van der Waals surface area contributed by atoms with E-state index >= 15 is 0 Å². The second kappa shape index (κ2) is 8.08. The maximum atomic E-state index is 3.57. The molecule has 1 atom stereocenters. The van der Waals surface area contributed by atoms with Crippen LogP contribution in [0.15, 0.2) is 0 Å². The lowest BCUT2D eigenvalue weighted by Crippen LogP contribution is -2.49. The summed E-state index contributed by atoms with van der Waals surface area (Å²) in [7, 11) is 2.28. The summed E-state index contributed by atoms with van der Waals surface area (Å²) in [4.78, 5) is 2.57. The molecule has 0 aromatic heterocycles. The number of rotatable bonds is 8. The largest absolute Gasteiger partial charge is 0.313 e. The van der Waals surface area contributed by atoms with E-state index in [1.54, 1.807) is 0 Å². The van der Waals surface area contributed by atoms with Gasteiger partial charge in [0.2, 0.25) is 0 Å². The molecule has 0 amide bonds. The van der Waals surface area contributed by atoms with Gasteiger partial charge in [0.1, 0.15) is 0 Å². The van der Waals surface area contributed by atoms with Crippen molar-refractivity contribution in [1.82, 2.24) is 10.2 Å². The predicted molar refractivity (Wildman–Crippen MR) is 73.9 cm³/mol. The number of nitrogens with one attached hydrogen (secondary N) is 1. The van der Waals surface area contributed by atoms with Crippen molar-refractivity contribution < 1.29 is 0 Å². The summed E-state index contributed by atoms with van der Waals surface area (Å²) in [5, 5.41) is 3.57. The van der Waals surface area contributed by atoms with Gasteiger partial charge in [0, 0.05) is 24.7 Å². The van der Waals surface area contributed by atoms with Gasteiger partial charge >= 0.3 is 0 Å². The van der Waals surface area contributed by atoms with Gasteiger partial charge in [-0.05, 0) is 25.8 Å². The average Bonchev–Trinajstić information content (AvgIpc) is 2.18. The molecule has 1 N–H and O–H groups in total. The molecule has 0 saturated carbocycles. The Hall–Kier alpha value is -0.0800. The third kappa shape index (κ3) is 5.31. The van der Waals surface area contributed by atoms with Crippen LogP contribution < -0.4 is 5.32 Å². The zero-order valence-electron chi connectivity index (χ0n) is 12.4. The van der Waals surface area contributed by atoms with Crippen molar-refractivity contribution in [1.29, 1.82) is 0 Å². The van der Waals surface area contributed by atoms with Crippen molar-refractivity contribution in [2.45, 2.75) is 72.5 Å². The first-order valence-corrected chi connectivity index (χ1v) is 6.89. The Kier molecular flexibility index (Phi) is 8.04. The van der Waals surface area contributed by atoms with E-state index in [2.05, 4.69) is 58.8 Å². The maximum Gasteiger partial charge on any atom is 0.0243 e. The molecule has 0 fully saturated rings. The van der Waals surface area contributed by atoms with Crippen LogP contribution >= 0.6 is 0 Å². The van der Waals surface area contributed by atoms with Gasteiger partial charge in [0.15, 0.2) is 0 Å². The highest BCUT2D eigenvalue weighted by Gasteiger charge is 2.23. The fourth-order valence-corrected chi connectivity index (χ4v) is 2.34. The monoisotopic (exact) mass is 228 g/mol. The van der Waals surface area contributed by atoms with Gasteiger partial charge in [-0.3, -0.25) is 4.90 Å². The number of hydrogen-bond acceptors (Lipinski definition) is 2. The summed E-state index contributed by atoms with van der Waals surface area (Å²) in [5.41, 5.74) is 0. The molecule has 0 bridgehead atoms. The Labute approximate surface area is 103 Å². The quantitative estimate of drug-likeness (QED) is 0.686. The lowest BCUT2D eigenvalue weighted by atomic mass is 9.99. The summed E-state index contributed by atoms with van der Waals surface area (Å²) in [5.74, 6) is 0.705. The van der Waals surface area contributed by atoms with Crippen molar-refractivity contribution >= 4 is 0 Å². The highest BCUT2D eigenvalue weighted by Crippen LogP contribution is 2.15. The van der Waals surface area contributed by atoms with Crippen LogP contribution in [0.4, 0.5) is 0 Å². The first kappa shape index (κ1) is 15.9. The molecule has 0 aliphatic heterocycles. The lowest BCUT2D eigenvalue weighted by molar-refractivity contribution is 0.124. The molecule has 1 unspecified atom stereocenters. The van der Waals surface area contributed by atoms with Gasteiger partial charge in [-0.25, -0.2) is 0 Å². The molecule has 0 rings (SSSR count). The van der Waals surface area contributed by atoms with Gasteiger partial charge in [0.25, 0.3) is 0 Å². The van der Waals surface area contributed by atoms with Crippen molar-refractivity contribution in [3.63, 3.8) is 0 Å². The lowest BCUT2D eigenvalue weighted by Gasteiger charge is -2.37. The molecule has 98 valence electrons. The maximum absolute atomic E-state index is 3.57. The zero-order valence-corrected chi connectivity index (χ0v) is 12.4. The van der Waals surface area contributed by atoms with E-state index in [1.165, 1.54) is 12.8 Å². The smallest absolute Gasteiger partial charge is 0.0243 e. The van der Waals surface area contributed by atoms with Crippen LogP contribution in [0.25, 0.3) is 0 Å². The van der Waals surface area contributed by atoms with E-state index in [0.29, 0.717) is 18.0 Å². The summed E-state index contributed by atoms with van der Waals surface area (Å²) in [6.07, 6.45) is 2.50. The Morgan fingerprint density at radius 2 is 1.50 bits per heavy atom. The standard InChI is InChI=1S/C14H32N2/c1-8-13(9-2)16(7)14(11(3)4)10-15-12(5)6/h11-15H,8-10H2,1-7H3. The van der Waals surface area contributed by atoms with Crippen LogP contribution in [0.1, 0.15) is 54.4 Å². The number of nitrogens with zero attached hydrogens (tertiary/aromatic N) is 1. The Morgan fingerprint density at radius 3 is 1.81 bits per heavy atom. The van der Waals surface area contributed by atoms with E-state index in [4.69, 9.17) is 0 Å².